The molecule has 4 heteroatoms. The Bertz CT molecular complexity index is 497. The fourth-order valence-corrected chi connectivity index (χ4v) is 1.81. The molecule has 3 N–H and O–H groups in total. The molecule has 2 rings (SSSR count). The van der Waals surface area contributed by atoms with Gasteiger partial charge in [0.25, 0.3) is 0 Å². The highest BCUT2D eigenvalue weighted by Crippen LogP contribution is 2.27. The summed E-state index contributed by atoms with van der Waals surface area (Å²) in [6.45, 7) is 0. The van der Waals surface area contributed by atoms with E-state index in [1.807, 2.05) is 42.5 Å². The van der Waals surface area contributed by atoms with Gasteiger partial charge in [-0.15, -0.1) is 0 Å². The molecule has 0 fully saturated rings. The number of benzene rings is 2. The highest BCUT2D eigenvalue weighted by molar-refractivity contribution is 9.10. The van der Waals surface area contributed by atoms with Gasteiger partial charge < -0.3 is 11.1 Å². The van der Waals surface area contributed by atoms with E-state index in [0.717, 1.165) is 15.8 Å². The minimum absolute atomic E-state index is 0.707. The Kier molecular flexibility index (Phi) is 3.36. The highest BCUT2D eigenvalue weighted by atomic mass is 79.9. The van der Waals surface area contributed by atoms with Crippen LogP contribution in [0.5, 0.6) is 0 Å². The fourth-order valence-electron chi connectivity index (χ4n) is 1.33. The zero-order valence-electron chi connectivity index (χ0n) is 8.37. The number of nitrogen functional groups attached to an aromatic ring is 1. The first kappa shape index (κ1) is 11.3. The number of anilines is 3. The molecule has 0 unspecified atom stereocenters. The van der Waals surface area contributed by atoms with Crippen molar-refractivity contribution in [1.82, 2.24) is 0 Å². The van der Waals surface area contributed by atoms with E-state index >= 15 is 0 Å². The molecule has 0 spiro atoms. The summed E-state index contributed by atoms with van der Waals surface area (Å²) in [5.74, 6) is 0. The van der Waals surface area contributed by atoms with Gasteiger partial charge in [-0.25, -0.2) is 0 Å². The normalized spacial score (nSPS) is 10.1. The maximum Gasteiger partial charge on any atom is 0.0629 e. The van der Waals surface area contributed by atoms with Gasteiger partial charge in [0.05, 0.1) is 11.4 Å². The molecule has 0 radical (unpaired) electrons. The molecule has 2 nitrogen and oxygen atoms in total. The van der Waals surface area contributed by atoms with Crippen molar-refractivity contribution in [2.75, 3.05) is 11.1 Å². The van der Waals surface area contributed by atoms with Gasteiger partial charge in [-0.3, -0.25) is 0 Å². The third kappa shape index (κ3) is 2.68. The Labute approximate surface area is 108 Å². The number of nitrogens with one attached hydrogen (secondary N) is 1. The van der Waals surface area contributed by atoms with Crippen LogP contribution in [0, 0.1) is 0 Å². The predicted molar refractivity (Wildman–Crippen MR) is 73.3 cm³/mol. The topological polar surface area (TPSA) is 38.0 Å². The van der Waals surface area contributed by atoms with Crippen molar-refractivity contribution < 1.29 is 0 Å². The third-order valence-corrected chi connectivity index (χ3v) is 2.88. The van der Waals surface area contributed by atoms with Gasteiger partial charge in [0.15, 0.2) is 0 Å². The molecule has 0 aliphatic carbocycles. The Morgan fingerprint density at radius 1 is 1.06 bits per heavy atom. The maximum absolute atomic E-state index is 5.86. The van der Waals surface area contributed by atoms with Crippen LogP contribution in [0.3, 0.4) is 0 Å². The van der Waals surface area contributed by atoms with Crippen LogP contribution in [-0.2, 0) is 0 Å². The van der Waals surface area contributed by atoms with E-state index in [4.69, 9.17) is 17.3 Å². The van der Waals surface area contributed by atoms with Crippen molar-refractivity contribution >= 4 is 44.6 Å². The van der Waals surface area contributed by atoms with E-state index in [0.29, 0.717) is 10.7 Å². The van der Waals surface area contributed by atoms with Crippen molar-refractivity contribution in [3.8, 4) is 0 Å². The second-order valence-corrected chi connectivity index (χ2v) is 4.72. The summed E-state index contributed by atoms with van der Waals surface area (Å²) in [6.07, 6.45) is 0. The minimum atomic E-state index is 0.707. The van der Waals surface area contributed by atoms with E-state index in [1.165, 1.54) is 0 Å². The van der Waals surface area contributed by atoms with E-state index in [2.05, 4.69) is 21.2 Å². The first-order chi connectivity index (χ1) is 7.65. The summed E-state index contributed by atoms with van der Waals surface area (Å²) < 4.78 is 0.984. The molecule has 2 aromatic carbocycles. The Morgan fingerprint density at radius 2 is 1.75 bits per heavy atom. The van der Waals surface area contributed by atoms with Crippen LogP contribution in [0.1, 0.15) is 0 Å². The molecule has 0 heterocycles. The second-order valence-electron chi connectivity index (χ2n) is 3.36. The van der Waals surface area contributed by atoms with Gasteiger partial charge in [0, 0.05) is 15.2 Å². The van der Waals surface area contributed by atoms with Crippen LogP contribution in [0.25, 0.3) is 0 Å². The van der Waals surface area contributed by atoms with Gasteiger partial charge in [-0.05, 0) is 42.5 Å². The molecule has 0 aromatic heterocycles. The first-order valence-corrected chi connectivity index (χ1v) is 5.90. The lowest BCUT2D eigenvalue weighted by Gasteiger charge is -2.09. The molecule has 2 aromatic rings. The number of nitrogens with two attached hydrogens (primary N) is 1. The largest absolute Gasteiger partial charge is 0.397 e. The number of halogens is 2. The molecular weight excluding hydrogens is 288 g/mol. The Balaban J connectivity index is 2.26. The summed E-state index contributed by atoms with van der Waals surface area (Å²) in [6, 6.07) is 13.2. The number of hydrogen-bond donors (Lipinski definition) is 2. The van der Waals surface area contributed by atoms with E-state index in [1.54, 1.807) is 0 Å². The lowest BCUT2D eigenvalue weighted by Crippen LogP contribution is -1.95. The van der Waals surface area contributed by atoms with Gasteiger partial charge in [-0.2, -0.15) is 0 Å². The van der Waals surface area contributed by atoms with E-state index < -0.39 is 0 Å². The standard InChI is InChI=1S/C12H10BrClN2/c13-8-1-6-11(15)12(7-8)16-10-4-2-9(14)3-5-10/h1-7,16H,15H2. The highest BCUT2D eigenvalue weighted by Gasteiger charge is 2.00. The van der Waals surface area contributed by atoms with Crippen molar-refractivity contribution in [3.05, 3.63) is 52.0 Å². The zero-order valence-corrected chi connectivity index (χ0v) is 10.7. The summed E-state index contributed by atoms with van der Waals surface area (Å²) >= 11 is 9.22. The number of rotatable bonds is 2. The van der Waals surface area contributed by atoms with Gasteiger partial charge in [0.2, 0.25) is 0 Å². The quantitative estimate of drug-likeness (QED) is 0.805. The van der Waals surface area contributed by atoms with Crippen LogP contribution in [0.15, 0.2) is 46.9 Å². The molecule has 16 heavy (non-hydrogen) atoms. The molecule has 0 saturated carbocycles. The van der Waals surface area contributed by atoms with Crippen molar-refractivity contribution in [2.24, 2.45) is 0 Å². The molecule has 0 bridgehead atoms. The molecule has 0 amide bonds. The summed E-state index contributed by atoms with van der Waals surface area (Å²) in [5.41, 5.74) is 8.39. The second kappa shape index (κ2) is 4.76. The average Bonchev–Trinajstić information content (AvgIpc) is 2.27. The molecule has 0 aliphatic rings. The first-order valence-electron chi connectivity index (χ1n) is 4.73. The summed E-state index contributed by atoms with van der Waals surface area (Å²) in [7, 11) is 0. The monoisotopic (exact) mass is 296 g/mol. The summed E-state index contributed by atoms with van der Waals surface area (Å²) in [4.78, 5) is 0. The lowest BCUT2D eigenvalue weighted by molar-refractivity contribution is 1.53. The molecule has 0 atom stereocenters. The van der Waals surface area contributed by atoms with Crippen LogP contribution in [0.2, 0.25) is 5.02 Å². The maximum atomic E-state index is 5.86. The Morgan fingerprint density at radius 3 is 2.44 bits per heavy atom. The number of hydrogen-bond acceptors (Lipinski definition) is 2. The predicted octanol–water partition coefficient (Wildman–Crippen LogP) is 4.43. The van der Waals surface area contributed by atoms with Crippen molar-refractivity contribution in [3.63, 3.8) is 0 Å². The molecule has 0 saturated heterocycles. The lowest BCUT2D eigenvalue weighted by atomic mass is 10.2. The molecule has 0 aliphatic heterocycles. The molecular formula is C12H10BrClN2. The third-order valence-electron chi connectivity index (χ3n) is 2.14. The van der Waals surface area contributed by atoms with Crippen LogP contribution in [-0.4, -0.2) is 0 Å². The van der Waals surface area contributed by atoms with E-state index in [-0.39, 0.29) is 0 Å². The van der Waals surface area contributed by atoms with Gasteiger partial charge >= 0.3 is 0 Å². The summed E-state index contributed by atoms with van der Waals surface area (Å²) in [5, 5.41) is 3.94. The van der Waals surface area contributed by atoms with Crippen LogP contribution < -0.4 is 11.1 Å². The Hall–Kier alpha value is -1.19. The van der Waals surface area contributed by atoms with Crippen LogP contribution in [0.4, 0.5) is 17.1 Å². The van der Waals surface area contributed by atoms with Gasteiger partial charge in [0.1, 0.15) is 0 Å². The zero-order chi connectivity index (χ0) is 11.5. The van der Waals surface area contributed by atoms with E-state index in [9.17, 15) is 0 Å². The van der Waals surface area contributed by atoms with Crippen molar-refractivity contribution in [1.29, 1.82) is 0 Å². The molecule has 82 valence electrons. The smallest absolute Gasteiger partial charge is 0.0629 e. The fraction of sp³-hybridized carbons (Fsp3) is 0. The van der Waals surface area contributed by atoms with Crippen LogP contribution >= 0.6 is 27.5 Å². The average molecular weight is 298 g/mol. The van der Waals surface area contributed by atoms with Gasteiger partial charge in [-0.1, -0.05) is 27.5 Å². The van der Waals surface area contributed by atoms with Crippen molar-refractivity contribution in [2.45, 2.75) is 0 Å². The minimum Gasteiger partial charge on any atom is -0.397 e. The SMILES string of the molecule is Nc1ccc(Br)cc1Nc1ccc(Cl)cc1.